The molecule has 3 heterocycles. The maximum absolute atomic E-state index is 14.3. The number of nitrogens with one attached hydrogen (secondary N) is 8. The summed E-state index contributed by atoms with van der Waals surface area (Å²) in [5.74, 6) is -4.82. The molecule has 25 nitrogen and oxygen atoms in total. The van der Waals surface area contributed by atoms with Gasteiger partial charge in [0.2, 0.25) is 35.4 Å². The zero-order chi connectivity index (χ0) is 69.0. The number of benzene rings is 3. The van der Waals surface area contributed by atoms with Crippen molar-refractivity contribution in [1.82, 2.24) is 42.1 Å². The van der Waals surface area contributed by atoms with E-state index in [1.165, 1.54) is 25.3 Å². The van der Waals surface area contributed by atoms with E-state index in [0.29, 0.717) is 46.8 Å². The van der Waals surface area contributed by atoms with Crippen LogP contribution in [-0.4, -0.2) is 133 Å². The topological polar surface area (TPSA) is 353 Å². The van der Waals surface area contributed by atoms with Gasteiger partial charge in [-0.05, 0) is 117 Å². The number of anilines is 1. The fourth-order valence-electron chi connectivity index (χ4n) is 10.6. The quantitative estimate of drug-likeness (QED) is 0.0173. The monoisotopic (exact) mass is 1320 g/mol. The summed E-state index contributed by atoms with van der Waals surface area (Å²) < 4.78 is 23.3. The Labute approximate surface area is 553 Å². The highest BCUT2D eigenvalue weighted by Crippen LogP contribution is 2.45. The Bertz CT molecular complexity index is 3260. The molecule has 0 aliphatic carbocycles. The number of ether oxygens (including phenoxy) is 4. The molecule has 3 aromatic rings. The summed E-state index contributed by atoms with van der Waals surface area (Å²) in [6, 6.07) is 13.3. The molecule has 510 valence electrons. The normalized spacial score (nSPS) is 21.3. The first-order valence-electron chi connectivity index (χ1n) is 31.8. The zero-order valence-corrected chi connectivity index (χ0v) is 55.9. The number of nitrogens with zero attached hydrogens (tertiary/aromatic N) is 1. The number of amides is 11. The molecule has 3 aliphatic rings. The summed E-state index contributed by atoms with van der Waals surface area (Å²) in [4.78, 5) is 145. The standard InChI is InChI=1S/C68H91ClN10O15/c1-39(2)57(78-54(81)18-12-11-13-33-79-55(82)30-31-56(79)83)62(86)76-48(16-15-32-71-65(70)89)60(84)74-46-27-22-43(23-28-46)38-92-66(90)72-37-42-20-25-45(26-21-42)59-58(94-59)40(3)51-17-14-19-53(80)75-49(35-44-24-29-52(91-10)47(69)34-44)61(85)73-41(4)68(8,9)64(88)77-50(63(87)93-51)36-67(5,6)7/h14,19-31,34,39-41,48-51,57-59H,11-13,15-18,32-33,35-38H2,1-10H3,(H,72,90)(H,73,85)(H,74,84)(H,75,80)(H,76,86)(H,77,88)(H,78,81)(H3,70,71,89)/b19-14-/t40-,41-,48-,49+,50-,51-,57-,58+,59+/m0/s1. The molecule has 0 spiro atoms. The largest absolute Gasteiger partial charge is 0.495 e. The Morgan fingerprint density at radius 2 is 1.47 bits per heavy atom. The Morgan fingerprint density at radius 3 is 2.11 bits per heavy atom. The number of rotatable bonds is 27. The van der Waals surface area contributed by atoms with E-state index in [1.54, 1.807) is 83.2 Å². The van der Waals surface area contributed by atoms with Gasteiger partial charge in [0.25, 0.3) is 11.8 Å². The Balaban J connectivity index is 1.01. The van der Waals surface area contributed by atoms with Gasteiger partial charge in [-0.15, -0.1) is 0 Å². The van der Waals surface area contributed by atoms with Crippen LogP contribution in [0.2, 0.25) is 5.02 Å². The van der Waals surface area contributed by atoms with E-state index in [2.05, 4.69) is 42.5 Å². The van der Waals surface area contributed by atoms with Crippen LogP contribution in [0, 0.1) is 22.7 Å². The number of urea groups is 1. The number of imide groups is 1. The maximum Gasteiger partial charge on any atom is 0.407 e. The van der Waals surface area contributed by atoms with Gasteiger partial charge < -0.3 is 67.2 Å². The van der Waals surface area contributed by atoms with Crippen LogP contribution in [0.5, 0.6) is 5.75 Å². The third-order valence-corrected chi connectivity index (χ3v) is 16.9. The van der Waals surface area contributed by atoms with Crippen molar-refractivity contribution in [1.29, 1.82) is 0 Å². The average Bonchev–Trinajstić information content (AvgIpc) is 1.62. The first-order valence-corrected chi connectivity index (χ1v) is 32.1. The molecule has 94 heavy (non-hydrogen) atoms. The number of methoxy groups -OCH3 is 1. The lowest BCUT2D eigenvalue weighted by Gasteiger charge is -2.35. The van der Waals surface area contributed by atoms with E-state index in [4.69, 9.17) is 36.3 Å². The molecule has 11 amide bonds. The zero-order valence-electron chi connectivity index (χ0n) is 55.2. The minimum atomic E-state index is -1.23. The van der Waals surface area contributed by atoms with Gasteiger partial charge >= 0.3 is 18.1 Å². The summed E-state index contributed by atoms with van der Waals surface area (Å²) in [6.45, 7) is 16.7. The van der Waals surface area contributed by atoms with Gasteiger partial charge in [-0.3, -0.25) is 43.3 Å². The van der Waals surface area contributed by atoms with Crippen molar-refractivity contribution >= 4 is 82.6 Å². The van der Waals surface area contributed by atoms with Crippen LogP contribution in [0.1, 0.15) is 142 Å². The van der Waals surface area contributed by atoms with Crippen molar-refractivity contribution in [3.63, 3.8) is 0 Å². The SMILES string of the molecule is COc1ccc(C[C@H]2NC(=O)/C=C\C[C@@H]([C@H](C)[C@H]3O[C@@H]3c3ccc(CNC(=O)OCc4ccc(NC(=O)[C@H](CCCNC(N)=O)NC(=O)[C@@H](NC(=O)CCCCCN5C(=O)C=CC5=O)C(C)C)cc4)cc3)OC(=O)[C@H](CC(C)(C)C)NC(=O)C(C)(C)[C@H](C)NC2=O)cc1Cl. The molecule has 0 aromatic heterocycles. The Hall–Kier alpha value is -8.84. The molecule has 0 radical (unpaired) electrons. The second kappa shape index (κ2) is 34.4. The first kappa shape index (κ1) is 74.2. The van der Waals surface area contributed by atoms with Crippen LogP contribution in [0.3, 0.4) is 0 Å². The lowest BCUT2D eigenvalue weighted by molar-refractivity contribution is -0.157. The number of hydrogen-bond acceptors (Lipinski definition) is 15. The molecule has 3 aromatic carbocycles. The van der Waals surface area contributed by atoms with Gasteiger partial charge in [0.15, 0.2) is 0 Å². The van der Waals surface area contributed by atoms with Gasteiger partial charge in [0.05, 0.1) is 23.7 Å². The van der Waals surface area contributed by atoms with Crippen molar-refractivity contribution in [2.45, 2.75) is 182 Å². The number of esters is 1. The number of nitrogens with two attached hydrogens (primary N) is 1. The molecule has 0 unspecified atom stereocenters. The molecule has 0 bridgehead atoms. The summed E-state index contributed by atoms with van der Waals surface area (Å²) in [5, 5.41) is 22.5. The van der Waals surface area contributed by atoms with Gasteiger partial charge in [-0.25, -0.2) is 14.4 Å². The summed E-state index contributed by atoms with van der Waals surface area (Å²) in [7, 11) is 1.49. The highest BCUT2D eigenvalue weighted by Gasteiger charge is 2.48. The van der Waals surface area contributed by atoms with Crippen LogP contribution in [-0.2, 0) is 76.9 Å². The van der Waals surface area contributed by atoms with E-state index in [-0.39, 0.29) is 94.5 Å². The van der Waals surface area contributed by atoms with Crippen molar-refractivity contribution in [3.05, 3.63) is 118 Å². The minimum Gasteiger partial charge on any atom is -0.495 e. The van der Waals surface area contributed by atoms with E-state index in [9.17, 15) is 52.7 Å². The van der Waals surface area contributed by atoms with Crippen LogP contribution >= 0.6 is 11.6 Å². The number of hydrogen-bond donors (Lipinski definition) is 9. The number of primary amides is 1. The smallest absolute Gasteiger partial charge is 0.407 e. The van der Waals surface area contributed by atoms with Crippen molar-refractivity contribution in [2.24, 2.45) is 28.4 Å². The van der Waals surface area contributed by atoms with Crippen LogP contribution < -0.4 is 53.0 Å². The van der Waals surface area contributed by atoms with Gasteiger partial charge in [-0.1, -0.05) is 108 Å². The number of alkyl carbamates (subject to hydrolysis) is 1. The van der Waals surface area contributed by atoms with Crippen molar-refractivity contribution < 1.29 is 71.7 Å². The average molecular weight is 1320 g/mol. The second-order valence-corrected chi connectivity index (χ2v) is 26.5. The minimum absolute atomic E-state index is 0.0701. The van der Waals surface area contributed by atoms with Gasteiger partial charge in [-0.2, -0.15) is 0 Å². The fourth-order valence-corrected chi connectivity index (χ4v) is 10.9. The third-order valence-electron chi connectivity index (χ3n) is 16.6. The predicted octanol–water partition coefficient (Wildman–Crippen LogP) is 6.40. The molecule has 10 N–H and O–H groups in total. The van der Waals surface area contributed by atoms with Crippen molar-refractivity contribution in [2.75, 3.05) is 25.5 Å². The van der Waals surface area contributed by atoms with Crippen molar-refractivity contribution in [3.8, 4) is 5.75 Å². The Kier molecular flexibility index (Phi) is 27.1. The highest BCUT2D eigenvalue weighted by molar-refractivity contribution is 6.32. The third kappa shape index (κ3) is 22.7. The molecular formula is C68H91ClN10O15. The van der Waals surface area contributed by atoms with Crippen LogP contribution in [0.25, 0.3) is 0 Å². The molecular weight excluding hydrogens is 1230 g/mol. The molecule has 9 atom stereocenters. The summed E-state index contributed by atoms with van der Waals surface area (Å²) >= 11 is 6.43. The fraction of sp³-hybridized carbons (Fsp3) is 0.515. The van der Waals surface area contributed by atoms with Gasteiger partial charge in [0.1, 0.15) is 48.7 Å². The second-order valence-electron chi connectivity index (χ2n) is 26.1. The molecule has 1 saturated heterocycles. The lowest BCUT2D eigenvalue weighted by atomic mass is 9.82. The van der Waals surface area contributed by atoms with Crippen LogP contribution in [0.4, 0.5) is 15.3 Å². The molecule has 3 aliphatic heterocycles. The number of cyclic esters (lactones) is 1. The molecule has 6 rings (SSSR count). The molecule has 1 fully saturated rings. The number of epoxide rings is 1. The van der Waals surface area contributed by atoms with E-state index in [1.807, 2.05) is 52.0 Å². The predicted molar refractivity (Wildman–Crippen MR) is 350 cm³/mol. The number of carbonyl (C=O) groups excluding carboxylic acids is 11. The molecule has 26 heteroatoms. The summed E-state index contributed by atoms with van der Waals surface area (Å²) in [5.41, 5.74) is 6.80. The summed E-state index contributed by atoms with van der Waals surface area (Å²) in [6.07, 6.45) is 5.45. The lowest BCUT2D eigenvalue weighted by Crippen LogP contribution is -2.58. The van der Waals surface area contributed by atoms with E-state index >= 15 is 0 Å². The number of halogens is 1. The number of carbonyl (C=O) groups is 11. The van der Waals surface area contributed by atoms with E-state index in [0.717, 1.165) is 16.0 Å². The first-order chi connectivity index (χ1) is 44.4. The maximum atomic E-state index is 14.3. The van der Waals surface area contributed by atoms with E-state index < -0.39 is 107 Å². The van der Waals surface area contributed by atoms with Gasteiger partial charge in [0, 0.05) is 68.7 Å². The molecule has 0 saturated carbocycles. The Morgan fingerprint density at radius 1 is 0.798 bits per heavy atom. The highest BCUT2D eigenvalue weighted by atomic mass is 35.5. The number of unbranched alkanes of at least 4 members (excludes halogenated alkanes) is 2. The van der Waals surface area contributed by atoms with Crippen LogP contribution in [0.15, 0.2) is 91.0 Å².